The van der Waals surface area contributed by atoms with Crippen LogP contribution in [-0.2, 0) is 4.74 Å². The van der Waals surface area contributed by atoms with Crippen molar-refractivity contribution in [2.45, 2.75) is 26.3 Å². The zero-order valence-corrected chi connectivity index (χ0v) is 16.1. The Morgan fingerprint density at radius 1 is 1.31 bits per heavy atom. The first-order chi connectivity index (χ1) is 12.5. The predicted octanol–water partition coefficient (Wildman–Crippen LogP) is 3.28. The fourth-order valence-corrected chi connectivity index (χ4v) is 3.76. The van der Waals surface area contributed by atoms with E-state index in [1.54, 1.807) is 5.38 Å². The summed E-state index contributed by atoms with van der Waals surface area (Å²) < 4.78 is 5.37. The molecule has 3 N–H and O–H groups in total. The summed E-state index contributed by atoms with van der Waals surface area (Å²) in [7, 11) is 0. The number of morpholine rings is 1. The zero-order valence-electron chi connectivity index (χ0n) is 15.3. The number of carbonyl (C=O) groups excluding carboxylic acids is 1. The van der Waals surface area contributed by atoms with Crippen molar-refractivity contribution in [3.8, 4) is 0 Å². The van der Waals surface area contributed by atoms with Crippen molar-refractivity contribution in [3.05, 3.63) is 40.3 Å². The number of nitrogens with zero attached hydrogens (tertiary/aromatic N) is 2. The van der Waals surface area contributed by atoms with Crippen molar-refractivity contribution in [1.82, 2.24) is 4.98 Å². The highest BCUT2D eigenvalue weighted by atomic mass is 32.1. The van der Waals surface area contributed by atoms with Crippen molar-refractivity contribution in [1.29, 1.82) is 0 Å². The number of hydrogen-bond acceptors (Lipinski definition) is 6. The summed E-state index contributed by atoms with van der Waals surface area (Å²) in [5.74, 6) is 0.291. The second-order valence-corrected chi connectivity index (χ2v) is 7.80. The molecule has 1 saturated heterocycles. The molecule has 3 rings (SSSR count). The Hall–Kier alpha value is -1.96. The van der Waals surface area contributed by atoms with Crippen LogP contribution >= 0.6 is 11.3 Å². The minimum Gasteiger partial charge on any atom is -0.378 e. The van der Waals surface area contributed by atoms with Gasteiger partial charge in [-0.1, -0.05) is 13.8 Å². The van der Waals surface area contributed by atoms with Gasteiger partial charge in [-0.25, -0.2) is 4.98 Å². The van der Waals surface area contributed by atoms with Gasteiger partial charge in [0.15, 0.2) is 0 Å². The van der Waals surface area contributed by atoms with Crippen LogP contribution in [0.25, 0.3) is 0 Å². The molecule has 0 bridgehead atoms. The van der Waals surface area contributed by atoms with Gasteiger partial charge in [0.2, 0.25) is 0 Å². The van der Waals surface area contributed by atoms with Gasteiger partial charge in [0.25, 0.3) is 5.91 Å². The second kappa shape index (κ2) is 8.62. The van der Waals surface area contributed by atoms with Gasteiger partial charge in [0.05, 0.1) is 19.3 Å². The molecule has 1 aliphatic heterocycles. The topological polar surface area (TPSA) is 80.5 Å². The number of carbonyl (C=O) groups is 1. The molecule has 26 heavy (non-hydrogen) atoms. The Bertz CT molecular complexity index is 723. The Labute approximate surface area is 158 Å². The number of nitrogens with two attached hydrogens (primary N) is 1. The normalized spacial score (nSPS) is 15.9. The molecular weight excluding hydrogens is 348 g/mol. The lowest BCUT2D eigenvalue weighted by atomic mass is 10.1. The molecule has 1 amide bonds. The van der Waals surface area contributed by atoms with E-state index in [1.165, 1.54) is 11.3 Å². The highest BCUT2D eigenvalue weighted by Crippen LogP contribution is 2.23. The SMILES string of the molecule is CC(C)CC(N)c1nc(C(=O)Nc2ccc(N3CCOCC3)cc2)cs1. The van der Waals surface area contributed by atoms with Crippen molar-refractivity contribution in [3.63, 3.8) is 0 Å². The Balaban J connectivity index is 1.60. The third kappa shape index (κ3) is 4.81. The number of nitrogens with one attached hydrogen (secondary N) is 1. The summed E-state index contributed by atoms with van der Waals surface area (Å²) in [6.45, 7) is 7.55. The Morgan fingerprint density at radius 3 is 2.65 bits per heavy atom. The van der Waals surface area contributed by atoms with E-state index >= 15 is 0 Å². The van der Waals surface area contributed by atoms with Gasteiger partial charge < -0.3 is 20.7 Å². The van der Waals surface area contributed by atoms with Crippen molar-refractivity contribution >= 4 is 28.6 Å². The monoisotopic (exact) mass is 374 g/mol. The number of hydrogen-bond donors (Lipinski definition) is 2. The van der Waals surface area contributed by atoms with E-state index in [0.717, 1.165) is 49.1 Å². The molecule has 0 spiro atoms. The van der Waals surface area contributed by atoms with Crippen LogP contribution in [0.2, 0.25) is 0 Å². The van der Waals surface area contributed by atoms with E-state index in [2.05, 4.69) is 29.0 Å². The molecule has 1 atom stereocenters. The lowest BCUT2D eigenvalue weighted by molar-refractivity contribution is 0.102. The standard InChI is InChI=1S/C19H26N4O2S/c1-13(2)11-16(20)19-22-17(12-26-19)18(24)21-14-3-5-15(6-4-14)23-7-9-25-10-8-23/h3-6,12-13,16H,7-11,20H2,1-2H3,(H,21,24). The lowest BCUT2D eigenvalue weighted by Gasteiger charge is -2.28. The van der Waals surface area contributed by atoms with Gasteiger partial charge in [0, 0.05) is 29.8 Å². The van der Waals surface area contributed by atoms with Crippen LogP contribution in [0.1, 0.15) is 41.8 Å². The summed E-state index contributed by atoms with van der Waals surface area (Å²) in [4.78, 5) is 19.1. The molecule has 140 valence electrons. The number of rotatable bonds is 6. The van der Waals surface area contributed by atoms with Crippen LogP contribution in [0.15, 0.2) is 29.6 Å². The minimum atomic E-state index is -0.205. The van der Waals surface area contributed by atoms with E-state index in [-0.39, 0.29) is 11.9 Å². The van der Waals surface area contributed by atoms with Gasteiger partial charge in [-0.05, 0) is 36.6 Å². The third-order valence-corrected chi connectivity index (χ3v) is 5.28. The van der Waals surface area contributed by atoms with Crippen LogP contribution in [0.4, 0.5) is 11.4 Å². The predicted molar refractivity (Wildman–Crippen MR) is 106 cm³/mol. The zero-order chi connectivity index (χ0) is 18.5. The van der Waals surface area contributed by atoms with E-state index in [4.69, 9.17) is 10.5 Å². The molecule has 7 heteroatoms. The smallest absolute Gasteiger partial charge is 0.275 e. The molecule has 0 saturated carbocycles. The van der Waals surface area contributed by atoms with Gasteiger partial charge >= 0.3 is 0 Å². The Kier molecular flexibility index (Phi) is 6.24. The number of benzene rings is 1. The average molecular weight is 375 g/mol. The Morgan fingerprint density at radius 2 is 2.00 bits per heavy atom. The van der Waals surface area contributed by atoms with E-state index < -0.39 is 0 Å². The minimum absolute atomic E-state index is 0.116. The van der Waals surface area contributed by atoms with E-state index in [0.29, 0.717) is 11.6 Å². The van der Waals surface area contributed by atoms with Crippen molar-refractivity contribution < 1.29 is 9.53 Å². The number of thiazole rings is 1. The quantitative estimate of drug-likeness (QED) is 0.811. The lowest BCUT2D eigenvalue weighted by Crippen LogP contribution is -2.36. The van der Waals surface area contributed by atoms with Crippen LogP contribution in [0.3, 0.4) is 0 Å². The van der Waals surface area contributed by atoms with Gasteiger partial charge in [-0.3, -0.25) is 4.79 Å². The van der Waals surface area contributed by atoms with E-state index in [1.807, 2.05) is 24.3 Å². The van der Waals surface area contributed by atoms with Gasteiger partial charge in [-0.15, -0.1) is 11.3 Å². The maximum atomic E-state index is 12.4. The average Bonchev–Trinajstić information content (AvgIpc) is 3.13. The highest BCUT2D eigenvalue weighted by Gasteiger charge is 2.17. The number of amides is 1. The molecule has 2 aromatic rings. The molecule has 1 aromatic heterocycles. The summed E-state index contributed by atoms with van der Waals surface area (Å²) in [6, 6.07) is 7.76. The molecule has 1 aromatic carbocycles. The van der Waals surface area contributed by atoms with Crippen LogP contribution in [0.5, 0.6) is 0 Å². The first kappa shape index (κ1) is 18.8. The molecule has 1 fully saturated rings. The summed E-state index contributed by atoms with van der Waals surface area (Å²) in [6.07, 6.45) is 0.859. The molecule has 1 unspecified atom stereocenters. The third-order valence-electron chi connectivity index (χ3n) is 4.30. The summed E-state index contributed by atoms with van der Waals surface area (Å²) >= 11 is 1.44. The van der Waals surface area contributed by atoms with Gasteiger partial charge in [0.1, 0.15) is 10.7 Å². The summed E-state index contributed by atoms with van der Waals surface area (Å²) in [5.41, 5.74) is 8.47. The first-order valence-corrected chi connectivity index (χ1v) is 9.86. The number of aromatic nitrogens is 1. The van der Waals surface area contributed by atoms with Crippen LogP contribution in [0, 0.1) is 5.92 Å². The number of anilines is 2. The molecule has 6 nitrogen and oxygen atoms in total. The second-order valence-electron chi connectivity index (χ2n) is 6.91. The molecule has 0 aliphatic carbocycles. The fourth-order valence-electron chi connectivity index (χ4n) is 2.94. The number of ether oxygens (including phenoxy) is 1. The van der Waals surface area contributed by atoms with Gasteiger partial charge in [-0.2, -0.15) is 0 Å². The van der Waals surface area contributed by atoms with Crippen LogP contribution in [-0.4, -0.2) is 37.2 Å². The fraction of sp³-hybridized carbons (Fsp3) is 0.474. The highest BCUT2D eigenvalue weighted by molar-refractivity contribution is 7.09. The molecular formula is C19H26N4O2S. The molecule has 1 aliphatic rings. The van der Waals surface area contributed by atoms with Crippen LogP contribution < -0.4 is 16.0 Å². The molecule has 0 radical (unpaired) electrons. The maximum absolute atomic E-state index is 12.4. The largest absolute Gasteiger partial charge is 0.378 e. The maximum Gasteiger partial charge on any atom is 0.275 e. The summed E-state index contributed by atoms with van der Waals surface area (Å²) in [5, 5.41) is 5.48. The first-order valence-electron chi connectivity index (χ1n) is 8.98. The van der Waals surface area contributed by atoms with Crippen molar-refractivity contribution in [2.24, 2.45) is 11.7 Å². The van der Waals surface area contributed by atoms with E-state index in [9.17, 15) is 4.79 Å². The molecule has 2 heterocycles. The van der Waals surface area contributed by atoms with Crippen molar-refractivity contribution in [2.75, 3.05) is 36.5 Å².